The lowest BCUT2D eigenvalue weighted by molar-refractivity contribution is -0.141. The van der Waals surface area contributed by atoms with Gasteiger partial charge in [-0.25, -0.2) is 18.2 Å². The lowest BCUT2D eigenvalue weighted by Crippen LogP contribution is -2.58. The number of fused-ring (bicyclic) bond motifs is 3. The average Bonchev–Trinajstić information content (AvgIpc) is 4.01. The highest BCUT2D eigenvalue weighted by molar-refractivity contribution is 7.91. The Labute approximate surface area is 287 Å². The Morgan fingerprint density at radius 2 is 1.94 bits per heavy atom. The number of aryl methyl sites for hydroxylation is 1. The number of unbranched alkanes of at least 4 members (excludes halogenated alkanes) is 1. The maximum Gasteiger partial charge on any atom is 0.407 e. The molecule has 0 spiro atoms. The quantitative estimate of drug-likeness (QED) is 0.355. The molecule has 2 aliphatic heterocycles. The number of carbonyl (C=O) groups excluding carboxylic acids is 4. The second kappa shape index (κ2) is 14.5. The number of benzene rings is 1. The Bertz CT molecular complexity index is 1700. The summed E-state index contributed by atoms with van der Waals surface area (Å²) < 4.78 is 39.4. The summed E-state index contributed by atoms with van der Waals surface area (Å²) in [5.41, 5.74) is -0.281. The molecule has 1 saturated heterocycles. The smallest absolute Gasteiger partial charge is 0.407 e. The zero-order valence-corrected chi connectivity index (χ0v) is 29.1. The van der Waals surface area contributed by atoms with E-state index in [9.17, 15) is 27.6 Å². The fraction of sp³-hybridized carbons (Fsp3) is 0.629. The molecule has 13 nitrogen and oxygen atoms in total. The predicted octanol–water partition coefficient (Wildman–Crippen LogP) is 3.49. The highest BCUT2D eigenvalue weighted by Gasteiger charge is 2.62. The van der Waals surface area contributed by atoms with Crippen LogP contribution in [-0.4, -0.2) is 84.2 Å². The van der Waals surface area contributed by atoms with Crippen molar-refractivity contribution in [2.75, 3.05) is 13.2 Å². The van der Waals surface area contributed by atoms with Crippen LogP contribution in [0.4, 0.5) is 4.79 Å². The van der Waals surface area contributed by atoms with Crippen LogP contribution in [0.5, 0.6) is 5.88 Å². The van der Waals surface area contributed by atoms with Crippen molar-refractivity contribution < 1.29 is 37.1 Å². The molecule has 14 heteroatoms. The van der Waals surface area contributed by atoms with Crippen LogP contribution in [0, 0.1) is 5.92 Å². The predicted molar refractivity (Wildman–Crippen MR) is 181 cm³/mol. The molecule has 2 saturated carbocycles. The zero-order valence-electron chi connectivity index (χ0n) is 28.2. The summed E-state index contributed by atoms with van der Waals surface area (Å²) in [4.78, 5) is 60.7. The molecule has 2 unspecified atom stereocenters. The van der Waals surface area contributed by atoms with Crippen molar-refractivity contribution in [2.45, 2.75) is 120 Å². The van der Waals surface area contributed by atoms with Crippen molar-refractivity contribution in [3.8, 4) is 5.88 Å². The molecular formula is C35H47N5O8S. The van der Waals surface area contributed by atoms with Crippen LogP contribution < -0.4 is 20.1 Å². The van der Waals surface area contributed by atoms with Gasteiger partial charge in [0.05, 0.1) is 18.4 Å². The standard InChI is InChI=1S/C35H47N5O8S/c1-3-5-10-28-32(42)40-21-25(19-29(40)30(41)38-35(20-24(35)4-2)33(43)39-49(45,46)26-13-14-26)48-31-27-18-22(11-12-23(27)15-16-36-31)9-7-6-8-17-47-34(44)37-28/h11-12,15-16,18,24-26,28-29H,3-10,13-14,17,19-21H2,1-2H3,(H,37,44)(H,38,41)(H,39,43)/t24?,25-,28?,29+,35-/m1/s1. The molecular weight excluding hydrogens is 650 g/mol. The van der Waals surface area contributed by atoms with E-state index >= 15 is 0 Å². The van der Waals surface area contributed by atoms with Gasteiger partial charge in [0.1, 0.15) is 23.7 Å². The number of nitrogens with zero attached hydrogens (tertiary/aromatic N) is 2. The summed E-state index contributed by atoms with van der Waals surface area (Å²) in [6, 6.07) is 6.08. The van der Waals surface area contributed by atoms with Crippen LogP contribution in [0.15, 0.2) is 30.5 Å². The molecule has 2 aliphatic carbocycles. The minimum absolute atomic E-state index is 0.0422. The van der Waals surface area contributed by atoms with Crippen molar-refractivity contribution in [2.24, 2.45) is 5.92 Å². The molecule has 1 aromatic heterocycles. The number of alkyl carbamates (subject to hydrolysis) is 1. The second-order valence-electron chi connectivity index (χ2n) is 13.9. The molecule has 266 valence electrons. The Balaban J connectivity index is 1.30. The Hall–Kier alpha value is -3.94. The van der Waals surface area contributed by atoms with Crippen LogP contribution in [0.2, 0.25) is 0 Å². The maximum atomic E-state index is 14.2. The number of sulfonamides is 1. The fourth-order valence-corrected chi connectivity index (χ4v) is 8.45. The van der Waals surface area contributed by atoms with Crippen LogP contribution in [0.1, 0.15) is 90.0 Å². The summed E-state index contributed by atoms with van der Waals surface area (Å²) in [6.45, 7) is 4.12. The number of hydrogen-bond acceptors (Lipinski definition) is 9. The Kier molecular flexibility index (Phi) is 10.3. The zero-order chi connectivity index (χ0) is 34.8. The molecule has 5 atom stereocenters. The number of nitrogens with one attached hydrogen (secondary N) is 3. The molecule has 4 bridgehead atoms. The summed E-state index contributed by atoms with van der Waals surface area (Å²) in [5, 5.41) is 6.80. The molecule has 3 fully saturated rings. The third-order valence-electron chi connectivity index (χ3n) is 10.2. The number of carbonyl (C=O) groups is 4. The van der Waals surface area contributed by atoms with Crippen LogP contribution in [-0.2, 0) is 35.6 Å². The first-order valence-electron chi connectivity index (χ1n) is 17.7. The largest absolute Gasteiger partial charge is 0.472 e. The first-order chi connectivity index (χ1) is 23.5. The Morgan fingerprint density at radius 3 is 2.67 bits per heavy atom. The number of cyclic esters (lactones) is 1. The monoisotopic (exact) mass is 697 g/mol. The number of rotatable bonds is 9. The van der Waals surface area contributed by atoms with E-state index in [0.717, 1.165) is 42.0 Å². The van der Waals surface area contributed by atoms with Gasteiger partial charge in [0, 0.05) is 18.0 Å². The molecule has 1 aromatic carbocycles. The van der Waals surface area contributed by atoms with Gasteiger partial charge in [0.25, 0.3) is 5.91 Å². The molecule has 4 aliphatic rings. The van der Waals surface area contributed by atoms with E-state index in [-0.39, 0.29) is 31.9 Å². The van der Waals surface area contributed by atoms with E-state index in [1.807, 2.05) is 26.0 Å². The third-order valence-corrected chi connectivity index (χ3v) is 12.1. The molecule has 3 heterocycles. The maximum absolute atomic E-state index is 14.2. The lowest BCUT2D eigenvalue weighted by atomic mass is 10.0. The summed E-state index contributed by atoms with van der Waals surface area (Å²) >= 11 is 0. The van der Waals surface area contributed by atoms with Gasteiger partial charge in [-0.15, -0.1) is 0 Å². The first-order valence-corrected chi connectivity index (χ1v) is 19.3. The number of amides is 4. The topological polar surface area (TPSA) is 173 Å². The Morgan fingerprint density at radius 1 is 1.12 bits per heavy atom. The van der Waals surface area contributed by atoms with Crippen molar-refractivity contribution >= 4 is 44.6 Å². The van der Waals surface area contributed by atoms with E-state index in [2.05, 4.69) is 32.5 Å². The highest BCUT2D eigenvalue weighted by Crippen LogP contribution is 2.47. The second-order valence-corrected chi connectivity index (χ2v) is 15.8. The molecule has 4 amide bonds. The van der Waals surface area contributed by atoms with Gasteiger partial charge in [0.2, 0.25) is 27.7 Å². The third kappa shape index (κ3) is 7.79. The van der Waals surface area contributed by atoms with Gasteiger partial charge in [-0.05, 0) is 80.4 Å². The van der Waals surface area contributed by atoms with Gasteiger partial charge < -0.3 is 25.0 Å². The average molecular weight is 698 g/mol. The van der Waals surface area contributed by atoms with Crippen molar-refractivity contribution in [1.82, 2.24) is 25.2 Å². The van der Waals surface area contributed by atoms with Crippen LogP contribution >= 0.6 is 0 Å². The minimum Gasteiger partial charge on any atom is -0.472 e. The highest BCUT2D eigenvalue weighted by atomic mass is 32.2. The van der Waals surface area contributed by atoms with Gasteiger partial charge in [-0.2, -0.15) is 0 Å². The number of pyridine rings is 1. The van der Waals surface area contributed by atoms with E-state index < -0.39 is 62.8 Å². The molecule has 3 N–H and O–H groups in total. The first kappa shape index (κ1) is 34.9. The summed E-state index contributed by atoms with van der Waals surface area (Å²) in [5.74, 6) is -1.64. The van der Waals surface area contributed by atoms with Crippen LogP contribution in [0.3, 0.4) is 0 Å². The SMILES string of the molecule is CCCCC1NC(=O)OCCCCCc2ccc3ccnc(c3c2)O[C@@H]2C[C@@H](C(=O)N[C@]3(C(=O)NS(=O)(=O)C4CC4)CC3CC)N(C2)C1=O. The van der Waals surface area contributed by atoms with Gasteiger partial charge in [0.15, 0.2) is 0 Å². The van der Waals surface area contributed by atoms with E-state index in [1.165, 1.54) is 4.90 Å². The van der Waals surface area contributed by atoms with Gasteiger partial charge in [-0.3, -0.25) is 19.1 Å². The molecule has 2 aromatic rings. The molecule has 0 radical (unpaired) electrons. The number of hydrogen-bond donors (Lipinski definition) is 3. The van der Waals surface area contributed by atoms with Crippen molar-refractivity contribution in [1.29, 1.82) is 0 Å². The van der Waals surface area contributed by atoms with Crippen molar-refractivity contribution in [3.05, 3.63) is 36.0 Å². The summed E-state index contributed by atoms with van der Waals surface area (Å²) in [6.07, 6.45) is 7.34. The van der Waals surface area contributed by atoms with Gasteiger partial charge in [-0.1, -0.05) is 45.2 Å². The number of aromatic nitrogens is 1. The van der Waals surface area contributed by atoms with E-state index in [4.69, 9.17) is 9.47 Å². The normalized spacial score (nSPS) is 27.8. The van der Waals surface area contributed by atoms with E-state index in [0.29, 0.717) is 44.4 Å². The minimum atomic E-state index is -3.84. The van der Waals surface area contributed by atoms with Crippen molar-refractivity contribution in [3.63, 3.8) is 0 Å². The molecule has 6 rings (SSSR count). The fourth-order valence-electron chi connectivity index (χ4n) is 7.09. The van der Waals surface area contributed by atoms with Gasteiger partial charge >= 0.3 is 6.09 Å². The van der Waals surface area contributed by atoms with Crippen LogP contribution in [0.25, 0.3) is 10.8 Å². The van der Waals surface area contributed by atoms with E-state index in [1.54, 1.807) is 6.20 Å². The molecule has 49 heavy (non-hydrogen) atoms. The number of ether oxygens (including phenoxy) is 2. The lowest BCUT2D eigenvalue weighted by Gasteiger charge is -2.29. The summed E-state index contributed by atoms with van der Waals surface area (Å²) in [7, 11) is -3.84.